The Labute approximate surface area is 176 Å². The van der Waals surface area contributed by atoms with Gasteiger partial charge >= 0.3 is 0 Å². The Morgan fingerprint density at radius 2 is 2.07 bits per heavy atom. The van der Waals surface area contributed by atoms with Crippen molar-refractivity contribution < 1.29 is 21.7 Å². The van der Waals surface area contributed by atoms with E-state index in [1.54, 1.807) is 44.4 Å². The Balaban J connectivity index is 1.56. The molecule has 3 aromatic heterocycles. The standard InChI is InChI=1S/C20H18FN3O4S2/c1-12(9-16-7-4-8-27-16)24-30(25,26)18-11-17(29-13(18)2)20-22-19(23-28-20)14-5-3-6-15(21)10-14/h3-8,10-12,24H,9H2,1-2H3. The van der Waals surface area contributed by atoms with Crippen LogP contribution >= 0.6 is 11.3 Å². The predicted molar refractivity (Wildman–Crippen MR) is 110 cm³/mol. The first-order chi connectivity index (χ1) is 14.3. The van der Waals surface area contributed by atoms with Gasteiger partial charge in [0.25, 0.3) is 5.89 Å². The third kappa shape index (κ3) is 4.35. The molecule has 0 aliphatic heterocycles. The van der Waals surface area contributed by atoms with Gasteiger partial charge in [0.15, 0.2) is 0 Å². The average molecular weight is 448 g/mol. The van der Waals surface area contributed by atoms with Crippen molar-refractivity contribution in [2.75, 3.05) is 0 Å². The first-order valence-electron chi connectivity index (χ1n) is 9.07. The number of benzene rings is 1. The molecule has 0 aliphatic rings. The lowest BCUT2D eigenvalue weighted by atomic mass is 10.2. The fraction of sp³-hybridized carbons (Fsp3) is 0.200. The van der Waals surface area contributed by atoms with Gasteiger partial charge in [0, 0.05) is 22.9 Å². The molecule has 0 saturated heterocycles. The molecule has 4 aromatic rings. The van der Waals surface area contributed by atoms with Crippen molar-refractivity contribution in [1.82, 2.24) is 14.9 Å². The maximum atomic E-state index is 13.4. The zero-order valence-electron chi connectivity index (χ0n) is 16.1. The normalized spacial score (nSPS) is 12.9. The molecule has 30 heavy (non-hydrogen) atoms. The largest absolute Gasteiger partial charge is 0.469 e. The number of hydrogen-bond donors (Lipinski definition) is 1. The van der Waals surface area contributed by atoms with Crippen LogP contribution in [-0.2, 0) is 16.4 Å². The Kier molecular flexibility index (Phi) is 5.54. The lowest BCUT2D eigenvalue weighted by molar-refractivity contribution is 0.433. The molecule has 0 aliphatic carbocycles. The molecule has 1 N–H and O–H groups in total. The molecular formula is C20H18FN3O4S2. The SMILES string of the molecule is Cc1sc(-c2nc(-c3cccc(F)c3)no2)cc1S(=O)(=O)NC(C)Cc1ccco1. The molecule has 156 valence electrons. The van der Waals surface area contributed by atoms with E-state index >= 15 is 0 Å². The van der Waals surface area contributed by atoms with E-state index in [1.165, 1.54) is 29.5 Å². The van der Waals surface area contributed by atoms with E-state index in [0.717, 1.165) is 0 Å². The fourth-order valence-electron chi connectivity index (χ4n) is 3.01. The molecule has 0 spiro atoms. The van der Waals surface area contributed by atoms with E-state index in [-0.39, 0.29) is 22.7 Å². The second-order valence-corrected chi connectivity index (χ2v) is 9.71. The van der Waals surface area contributed by atoms with Crippen molar-refractivity contribution in [1.29, 1.82) is 0 Å². The predicted octanol–water partition coefficient (Wildman–Crippen LogP) is 4.42. The molecule has 1 unspecified atom stereocenters. The van der Waals surface area contributed by atoms with Gasteiger partial charge in [-0.2, -0.15) is 4.98 Å². The number of halogens is 1. The summed E-state index contributed by atoms with van der Waals surface area (Å²) in [7, 11) is -3.75. The number of aryl methyl sites for hydroxylation is 1. The van der Waals surface area contributed by atoms with Crippen molar-refractivity contribution in [2.45, 2.75) is 31.2 Å². The van der Waals surface area contributed by atoms with E-state index in [9.17, 15) is 12.8 Å². The minimum absolute atomic E-state index is 0.152. The van der Waals surface area contributed by atoms with E-state index in [0.29, 0.717) is 27.5 Å². The first kappa shape index (κ1) is 20.5. The van der Waals surface area contributed by atoms with E-state index in [1.807, 2.05) is 0 Å². The van der Waals surface area contributed by atoms with Crippen LogP contribution in [-0.4, -0.2) is 24.6 Å². The van der Waals surface area contributed by atoms with Gasteiger partial charge in [-0.15, -0.1) is 11.3 Å². The Bertz CT molecular complexity index is 1260. The second kappa shape index (κ2) is 8.13. The topological polar surface area (TPSA) is 98.2 Å². The lowest BCUT2D eigenvalue weighted by Gasteiger charge is -2.12. The zero-order chi connectivity index (χ0) is 21.3. The lowest BCUT2D eigenvalue weighted by Crippen LogP contribution is -2.34. The molecule has 0 amide bonds. The van der Waals surface area contributed by atoms with Gasteiger partial charge in [0.2, 0.25) is 15.8 Å². The summed E-state index contributed by atoms with van der Waals surface area (Å²) in [6.07, 6.45) is 1.98. The van der Waals surface area contributed by atoms with Crippen LogP contribution in [0.1, 0.15) is 17.6 Å². The van der Waals surface area contributed by atoms with Crippen LogP contribution in [0.4, 0.5) is 4.39 Å². The molecule has 4 rings (SSSR count). The smallest absolute Gasteiger partial charge is 0.268 e. The number of thiophene rings is 1. The summed E-state index contributed by atoms with van der Waals surface area (Å²) in [6, 6.07) is 10.5. The van der Waals surface area contributed by atoms with Gasteiger partial charge in [-0.25, -0.2) is 17.5 Å². The van der Waals surface area contributed by atoms with Crippen molar-refractivity contribution in [3.63, 3.8) is 0 Å². The third-order valence-corrected chi connectivity index (χ3v) is 7.21. The molecule has 1 aromatic carbocycles. The zero-order valence-corrected chi connectivity index (χ0v) is 17.8. The van der Waals surface area contributed by atoms with Gasteiger partial charge in [-0.3, -0.25) is 0 Å². The summed E-state index contributed by atoms with van der Waals surface area (Å²) in [5, 5.41) is 3.87. The second-order valence-electron chi connectivity index (χ2n) is 6.77. The van der Waals surface area contributed by atoms with E-state index in [2.05, 4.69) is 14.9 Å². The summed E-state index contributed by atoms with van der Waals surface area (Å²) in [5.74, 6) is 0.690. The van der Waals surface area contributed by atoms with Crippen molar-refractivity contribution in [2.24, 2.45) is 0 Å². The minimum Gasteiger partial charge on any atom is -0.469 e. The number of sulfonamides is 1. The van der Waals surface area contributed by atoms with Crippen LogP contribution in [0.2, 0.25) is 0 Å². The fourth-order valence-corrected chi connectivity index (χ4v) is 5.76. The number of nitrogens with zero attached hydrogens (tertiary/aromatic N) is 2. The first-order valence-corrected chi connectivity index (χ1v) is 11.4. The molecular weight excluding hydrogens is 429 g/mol. The molecule has 0 saturated carbocycles. The Morgan fingerprint density at radius 3 is 2.80 bits per heavy atom. The van der Waals surface area contributed by atoms with Crippen LogP contribution in [0.5, 0.6) is 0 Å². The molecule has 7 nitrogen and oxygen atoms in total. The highest BCUT2D eigenvalue weighted by Gasteiger charge is 2.24. The number of furan rings is 1. The number of nitrogens with one attached hydrogen (secondary N) is 1. The number of hydrogen-bond acceptors (Lipinski definition) is 7. The Morgan fingerprint density at radius 1 is 1.23 bits per heavy atom. The van der Waals surface area contributed by atoms with Crippen molar-refractivity contribution >= 4 is 21.4 Å². The summed E-state index contributed by atoms with van der Waals surface area (Å²) in [6.45, 7) is 3.48. The summed E-state index contributed by atoms with van der Waals surface area (Å²) < 4.78 is 52.4. The van der Waals surface area contributed by atoms with Gasteiger partial charge in [0.1, 0.15) is 11.6 Å². The molecule has 0 fully saturated rings. The number of aromatic nitrogens is 2. The summed E-state index contributed by atoms with van der Waals surface area (Å²) in [5.41, 5.74) is 0.472. The van der Waals surface area contributed by atoms with Crippen LogP contribution in [0, 0.1) is 12.7 Å². The average Bonchev–Trinajstić information content (AvgIpc) is 3.41. The molecule has 10 heteroatoms. The highest BCUT2D eigenvalue weighted by molar-refractivity contribution is 7.89. The van der Waals surface area contributed by atoms with Gasteiger partial charge in [0.05, 0.1) is 16.0 Å². The minimum atomic E-state index is -3.75. The monoisotopic (exact) mass is 447 g/mol. The number of rotatable bonds is 7. The highest BCUT2D eigenvalue weighted by atomic mass is 32.2. The van der Waals surface area contributed by atoms with Gasteiger partial charge in [-0.05, 0) is 44.2 Å². The van der Waals surface area contributed by atoms with Gasteiger partial charge in [-0.1, -0.05) is 17.3 Å². The van der Waals surface area contributed by atoms with Crippen molar-refractivity contribution in [3.05, 3.63) is 65.2 Å². The van der Waals surface area contributed by atoms with Crippen LogP contribution < -0.4 is 4.72 Å². The highest BCUT2D eigenvalue weighted by Crippen LogP contribution is 2.33. The van der Waals surface area contributed by atoms with Gasteiger partial charge < -0.3 is 8.94 Å². The molecule has 0 bridgehead atoms. The van der Waals surface area contributed by atoms with Crippen LogP contribution in [0.25, 0.3) is 22.2 Å². The van der Waals surface area contributed by atoms with Crippen molar-refractivity contribution in [3.8, 4) is 22.2 Å². The van der Waals surface area contributed by atoms with E-state index in [4.69, 9.17) is 8.94 Å². The maximum Gasteiger partial charge on any atom is 0.268 e. The van der Waals surface area contributed by atoms with E-state index < -0.39 is 15.8 Å². The van der Waals surface area contributed by atoms with Crippen LogP contribution in [0.15, 0.2) is 62.6 Å². The quantitative estimate of drug-likeness (QED) is 0.450. The molecule has 1 atom stereocenters. The summed E-state index contributed by atoms with van der Waals surface area (Å²) >= 11 is 1.23. The molecule has 0 radical (unpaired) electrons. The molecule has 3 heterocycles. The summed E-state index contributed by atoms with van der Waals surface area (Å²) in [4.78, 5) is 5.54. The maximum absolute atomic E-state index is 13.4. The third-order valence-electron chi connectivity index (χ3n) is 4.33. The van der Waals surface area contributed by atoms with Crippen LogP contribution in [0.3, 0.4) is 0 Å². The Hall–Kier alpha value is -2.82.